The molecule has 0 saturated carbocycles. The second-order valence-electron chi connectivity index (χ2n) is 13.8. The molecule has 1 atom stereocenters. The molecule has 0 fully saturated rings. The van der Waals surface area contributed by atoms with E-state index in [1.54, 1.807) is 0 Å². The molecule has 0 rings (SSSR count). The third-order valence-electron chi connectivity index (χ3n) is 8.97. The predicted molar refractivity (Wildman–Crippen MR) is 189 cm³/mol. The summed E-state index contributed by atoms with van der Waals surface area (Å²) in [5, 5.41) is 0. The van der Waals surface area contributed by atoms with Gasteiger partial charge in [0.1, 0.15) is 12.7 Å². The minimum Gasteiger partial charge on any atom is -0.462 e. The highest BCUT2D eigenvalue weighted by atomic mass is 16.6. The Bertz CT molecular complexity index is 607. The number of carbonyl (C=O) groups is 2. The Labute approximate surface area is 275 Å². The van der Waals surface area contributed by atoms with Crippen molar-refractivity contribution in [1.82, 2.24) is 4.90 Å². The lowest BCUT2D eigenvalue weighted by atomic mass is 9.94. The summed E-state index contributed by atoms with van der Waals surface area (Å²) in [4.78, 5) is 28.3. The monoisotopic (exact) mass is 624 g/mol. The van der Waals surface area contributed by atoms with Gasteiger partial charge in [0.05, 0.1) is 5.92 Å². The standard InChI is InChI=1S/C39H77NO4/c1-6-9-12-15-18-19-22-27-32-37(44-38(41)33-28-23-24-29-34-40(4)5)35-43-39(42)36(30-25-20-16-13-10-7-2)31-26-21-17-14-11-8-3/h36-37H,6-35H2,1-5H3. The summed E-state index contributed by atoms with van der Waals surface area (Å²) in [5.41, 5.74) is 0. The quantitative estimate of drug-likeness (QED) is 0.0527. The van der Waals surface area contributed by atoms with Crippen LogP contribution in [0.2, 0.25) is 0 Å². The molecule has 0 aliphatic rings. The van der Waals surface area contributed by atoms with Gasteiger partial charge in [0, 0.05) is 6.42 Å². The molecule has 5 heteroatoms. The molecule has 0 aromatic heterocycles. The molecule has 0 radical (unpaired) electrons. The number of ether oxygens (including phenoxy) is 2. The van der Waals surface area contributed by atoms with E-state index in [0.717, 1.165) is 77.2 Å². The van der Waals surface area contributed by atoms with Gasteiger partial charge in [0.2, 0.25) is 0 Å². The van der Waals surface area contributed by atoms with Gasteiger partial charge in [-0.3, -0.25) is 9.59 Å². The molecule has 0 amide bonds. The zero-order chi connectivity index (χ0) is 32.5. The zero-order valence-electron chi connectivity index (χ0n) is 30.4. The average Bonchev–Trinajstić information content (AvgIpc) is 3.00. The maximum atomic E-state index is 13.3. The number of nitrogens with zero attached hydrogens (tertiary/aromatic N) is 1. The summed E-state index contributed by atoms with van der Waals surface area (Å²) >= 11 is 0. The summed E-state index contributed by atoms with van der Waals surface area (Å²) < 4.78 is 11.9. The van der Waals surface area contributed by atoms with Crippen molar-refractivity contribution in [2.45, 2.75) is 207 Å². The smallest absolute Gasteiger partial charge is 0.309 e. The Morgan fingerprint density at radius 2 is 0.932 bits per heavy atom. The highest BCUT2D eigenvalue weighted by Gasteiger charge is 2.22. The fourth-order valence-corrected chi connectivity index (χ4v) is 5.99. The van der Waals surface area contributed by atoms with E-state index < -0.39 is 0 Å². The van der Waals surface area contributed by atoms with Gasteiger partial charge < -0.3 is 14.4 Å². The van der Waals surface area contributed by atoms with Crippen molar-refractivity contribution in [2.24, 2.45) is 5.92 Å². The van der Waals surface area contributed by atoms with Crippen LogP contribution in [0.3, 0.4) is 0 Å². The first-order valence-corrected chi connectivity index (χ1v) is 19.4. The normalized spacial score (nSPS) is 12.2. The van der Waals surface area contributed by atoms with E-state index >= 15 is 0 Å². The van der Waals surface area contributed by atoms with Crippen LogP contribution in [0.25, 0.3) is 0 Å². The van der Waals surface area contributed by atoms with E-state index in [1.807, 2.05) is 0 Å². The van der Waals surface area contributed by atoms with E-state index in [9.17, 15) is 9.59 Å². The Hall–Kier alpha value is -1.10. The van der Waals surface area contributed by atoms with Crippen molar-refractivity contribution < 1.29 is 19.1 Å². The molecular weight excluding hydrogens is 546 g/mol. The fourth-order valence-electron chi connectivity index (χ4n) is 5.99. The lowest BCUT2D eigenvalue weighted by Crippen LogP contribution is -2.28. The first-order valence-electron chi connectivity index (χ1n) is 19.4. The van der Waals surface area contributed by atoms with Crippen LogP contribution in [0.4, 0.5) is 0 Å². The number of esters is 2. The predicted octanol–water partition coefficient (Wildman–Crippen LogP) is 11.6. The van der Waals surface area contributed by atoms with Gasteiger partial charge in [-0.05, 0) is 59.2 Å². The number of carbonyl (C=O) groups excluding carboxylic acids is 2. The molecule has 0 saturated heterocycles. The van der Waals surface area contributed by atoms with Gasteiger partial charge in [-0.25, -0.2) is 0 Å². The molecule has 0 heterocycles. The molecule has 0 aromatic carbocycles. The molecule has 1 unspecified atom stereocenters. The Morgan fingerprint density at radius 3 is 1.41 bits per heavy atom. The largest absolute Gasteiger partial charge is 0.462 e. The van der Waals surface area contributed by atoms with E-state index in [-0.39, 0.29) is 30.6 Å². The molecule has 0 spiro atoms. The molecule has 0 aromatic rings. The summed E-state index contributed by atoms with van der Waals surface area (Å²) in [6.07, 6.45) is 31.8. The minimum atomic E-state index is -0.316. The lowest BCUT2D eigenvalue weighted by molar-refractivity contribution is -0.162. The second-order valence-corrected chi connectivity index (χ2v) is 13.8. The number of hydrogen-bond donors (Lipinski definition) is 0. The fraction of sp³-hybridized carbons (Fsp3) is 0.949. The Kier molecular flexibility index (Phi) is 32.4. The third-order valence-corrected chi connectivity index (χ3v) is 8.97. The van der Waals surface area contributed by atoms with Crippen molar-refractivity contribution in [2.75, 3.05) is 27.2 Å². The van der Waals surface area contributed by atoms with E-state index in [0.29, 0.717) is 6.42 Å². The molecule has 0 N–H and O–H groups in total. The summed E-state index contributed by atoms with van der Waals surface area (Å²) in [7, 11) is 4.20. The number of rotatable bonds is 34. The highest BCUT2D eigenvalue weighted by molar-refractivity contribution is 5.72. The van der Waals surface area contributed by atoms with Crippen molar-refractivity contribution in [1.29, 1.82) is 0 Å². The summed E-state index contributed by atoms with van der Waals surface area (Å²) in [5.74, 6) is -0.215. The van der Waals surface area contributed by atoms with Crippen molar-refractivity contribution in [3.8, 4) is 0 Å². The molecular formula is C39H77NO4. The Balaban J connectivity index is 4.85. The van der Waals surface area contributed by atoms with Crippen molar-refractivity contribution in [3.63, 3.8) is 0 Å². The van der Waals surface area contributed by atoms with Crippen LogP contribution >= 0.6 is 0 Å². The lowest BCUT2D eigenvalue weighted by Gasteiger charge is -2.21. The minimum absolute atomic E-state index is 0.0195. The van der Waals surface area contributed by atoms with E-state index in [4.69, 9.17) is 9.47 Å². The number of hydrogen-bond acceptors (Lipinski definition) is 5. The Morgan fingerprint density at radius 1 is 0.523 bits per heavy atom. The second kappa shape index (κ2) is 33.3. The molecule has 5 nitrogen and oxygen atoms in total. The van der Waals surface area contributed by atoms with E-state index in [1.165, 1.54) is 103 Å². The van der Waals surface area contributed by atoms with Gasteiger partial charge in [-0.15, -0.1) is 0 Å². The van der Waals surface area contributed by atoms with E-state index in [2.05, 4.69) is 39.8 Å². The van der Waals surface area contributed by atoms with Gasteiger partial charge in [0.25, 0.3) is 0 Å². The van der Waals surface area contributed by atoms with Crippen molar-refractivity contribution in [3.05, 3.63) is 0 Å². The van der Waals surface area contributed by atoms with Crippen LogP contribution in [0, 0.1) is 5.92 Å². The topological polar surface area (TPSA) is 55.8 Å². The van der Waals surface area contributed by atoms with Gasteiger partial charge in [0.15, 0.2) is 0 Å². The first-order chi connectivity index (χ1) is 21.4. The molecule has 44 heavy (non-hydrogen) atoms. The molecule has 262 valence electrons. The average molecular weight is 624 g/mol. The van der Waals surface area contributed by atoms with Crippen LogP contribution in [-0.4, -0.2) is 50.2 Å². The summed E-state index contributed by atoms with van der Waals surface area (Å²) in [6.45, 7) is 8.06. The maximum absolute atomic E-state index is 13.3. The maximum Gasteiger partial charge on any atom is 0.309 e. The SMILES string of the molecule is CCCCCCCCCCC(COC(=O)C(CCCCCCCC)CCCCCCCC)OC(=O)CCCCCCN(C)C. The molecule has 0 bridgehead atoms. The first kappa shape index (κ1) is 42.9. The zero-order valence-corrected chi connectivity index (χ0v) is 30.4. The molecule has 0 aliphatic carbocycles. The number of unbranched alkanes of at least 4 members (excludes halogenated alkanes) is 20. The van der Waals surface area contributed by atoms with Gasteiger partial charge >= 0.3 is 11.9 Å². The molecule has 0 aliphatic heterocycles. The third kappa shape index (κ3) is 29.6. The van der Waals surface area contributed by atoms with Crippen LogP contribution in [0.1, 0.15) is 201 Å². The van der Waals surface area contributed by atoms with Gasteiger partial charge in [-0.2, -0.15) is 0 Å². The van der Waals surface area contributed by atoms with Crippen LogP contribution in [0.15, 0.2) is 0 Å². The van der Waals surface area contributed by atoms with Crippen molar-refractivity contribution >= 4 is 11.9 Å². The summed E-state index contributed by atoms with van der Waals surface area (Å²) in [6, 6.07) is 0. The van der Waals surface area contributed by atoms with Crippen LogP contribution < -0.4 is 0 Å². The van der Waals surface area contributed by atoms with Crippen LogP contribution in [0.5, 0.6) is 0 Å². The van der Waals surface area contributed by atoms with Gasteiger partial charge in [-0.1, -0.05) is 156 Å². The van der Waals surface area contributed by atoms with Crippen LogP contribution in [-0.2, 0) is 19.1 Å². The highest BCUT2D eigenvalue weighted by Crippen LogP contribution is 2.22.